The van der Waals surface area contributed by atoms with E-state index in [1.54, 1.807) is 0 Å². The highest BCUT2D eigenvalue weighted by Gasteiger charge is 2.87. The molecule has 6 N–H and O–H groups in total. The van der Waals surface area contributed by atoms with Crippen LogP contribution in [0.5, 0.6) is 0 Å². The van der Waals surface area contributed by atoms with Gasteiger partial charge < -0.3 is 36.1 Å². The number of ketones is 2. The Balaban J connectivity index is 1.27. The molecule has 2 heterocycles. The van der Waals surface area contributed by atoms with Gasteiger partial charge in [0.25, 0.3) is 5.60 Å². The van der Waals surface area contributed by atoms with Gasteiger partial charge in [-0.2, -0.15) is 0 Å². The molecule has 6 rings (SSSR count). The largest absolute Gasteiger partial charge is 0.459 e. The number of nitrogens with two attached hydrogens (primary N) is 1. The van der Waals surface area contributed by atoms with Crippen molar-refractivity contribution in [3.8, 4) is 0 Å². The number of carbonyl (C=O) groups excluding carboxylic acids is 3. The number of fused-ring (bicyclic) bond motifs is 3. The molecule has 10 nitrogen and oxygen atoms in total. The van der Waals surface area contributed by atoms with Crippen molar-refractivity contribution in [2.75, 3.05) is 26.3 Å². The average Bonchev–Trinajstić information content (AvgIpc) is 3.82. The molecule has 0 bridgehead atoms. The molecule has 6 aliphatic rings. The lowest BCUT2D eigenvalue weighted by molar-refractivity contribution is -0.167. The third kappa shape index (κ3) is 7.12. The first-order chi connectivity index (χ1) is 23.7. The molecular formula is C39H61N3O7. The lowest BCUT2D eigenvalue weighted by atomic mass is 9.60. The number of ether oxygens (including phenoxy) is 2. The Morgan fingerprint density at radius 1 is 1.12 bits per heavy atom. The van der Waals surface area contributed by atoms with Crippen LogP contribution in [0.4, 0.5) is 0 Å². The first-order valence-electron chi connectivity index (χ1n) is 19.5. The van der Waals surface area contributed by atoms with E-state index < -0.39 is 35.1 Å². The number of aliphatic hydroxyl groups is 2. The Labute approximate surface area is 292 Å². The van der Waals surface area contributed by atoms with E-state index in [1.165, 1.54) is 0 Å². The molecule has 4 unspecified atom stereocenters. The van der Waals surface area contributed by atoms with E-state index in [2.05, 4.69) is 29.7 Å². The maximum Gasteiger partial charge on any atom is 0.350 e. The Bertz CT molecular complexity index is 1280. The van der Waals surface area contributed by atoms with Gasteiger partial charge in [0.1, 0.15) is 6.10 Å². The first-order valence-corrected chi connectivity index (χ1v) is 19.5. The number of Topliss-reactive ketones (excluding diaryl/α,β-unsaturated/α-hetero) is 2. The number of piperidine rings is 1. The summed E-state index contributed by atoms with van der Waals surface area (Å²) >= 11 is 0. The van der Waals surface area contributed by atoms with Gasteiger partial charge in [-0.25, -0.2) is 4.79 Å². The Hall–Kier alpha value is -1.95. The van der Waals surface area contributed by atoms with Crippen molar-refractivity contribution in [2.45, 2.75) is 140 Å². The lowest BCUT2D eigenvalue weighted by Crippen LogP contribution is -2.59. The third-order valence-corrected chi connectivity index (χ3v) is 13.2. The number of aliphatic hydroxyl groups excluding tert-OH is 2. The minimum atomic E-state index is -1.99. The van der Waals surface area contributed by atoms with Gasteiger partial charge in [-0.15, -0.1) is 0 Å². The van der Waals surface area contributed by atoms with E-state index in [1.807, 2.05) is 6.92 Å². The molecular weight excluding hydrogens is 622 g/mol. The van der Waals surface area contributed by atoms with Crippen molar-refractivity contribution in [2.24, 2.45) is 41.2 Å². The van der Waals surface area contributed by atoms with Crippen molar-refractivity contribution in [1.29, 1.82) is 0 Å². The lowest BCUT2D eigenvalue weighted by Gasteiger charge is -2.45. The van der Waals surface area contributed by atoms with Gasteiger partial charge in [-0.3, -0.25) is 9.59 Å². The van der Waals surface area contributed by atoms with Crippen molar-refractivity contribution in [3.05, 3.63) is 23.3 Å². The number of esters is 1. The Morgan fingerprint density at radius 3 is 2.61 bits per heavy atom. The van der Waals surface area contributed by atoms with E-state index >= 15 is 0 Å². The highest BCUT2D eigenvalue weighted by molar-refractivity contribution is 6.23. The number of hydrogen-bond donors (Lipinski definition) is 5. The third-order valence-electron chi connectivity index (χ3n) is 13.2. The summed E-state index contributed by atoms with van der Waals surface area (Å²) in [6.45, 7) is 5.44. The fourth-order valence-corrected chi connectivity index (χ4v) is 10.4. The quantitative estimate of drug-likeness (QED) is 0.0786. The van der Waals surface area contributed by atoms with E-state index in [9.17, 15) is 24.6 Å². The van der Waals surface area contributed by atoms with Gasteiger partial charge in [0, 0.05) is 36.8 Å². The maximum atomic E-state index is 14.7. The first kappa shape index (κ1) is 36.8. The van der Waals surface area contributed by atoms with Gasteiger partial charge in [0.15, 0.2) is 17.2 Å². The van der Waals surface area contributed by atoms with Crippen molar-refractivity contribution in [3.63, 3.8) is 0 Å². The zero-order valence-corrected chi connectivity index (χ0v) is 29.8. The molecule has 3 saturated carbocycles. The predicted molar refractivity (Wildman–Crippen MR) is 186 cm³/mol. The van der Waals surface area contributed by atoms with Gasteiger partial charge in [0.05, 0.1) is 12.8 Å². The van der Waals surface area contributed by atoms with Crippen LogP contribution < -0.4 is 16.4 Å². The summed E-state index contributed by atoms with van der Waals surface area (Å²) in [6.07, 6.45) is 15.5. The summed E-state index contributed by atoms with van der Waals surface area (Å²) in [7, 11) is 0. The van der Waals surface area contributed by atoms with Gasteiger partial charge in [-0.05, 0) is 120 Å². The fourth-order valence-electron chi connectivity index (χ4n) is 10.4. The van der Waals surface area contributed by atoms with Crippen LogP contribution in [-0.4, -0.2) is 83.6 Å². The summed E-state index contributed by atoms with van der Waals surface area (Å²) in [5.74, 6) is -0.797. The normalized spacial score (nSPS) is 39.7. The zero-order chi connectivity index (χ0) is 34.8. The summed E-state index contributed by atoms with van der Waals surface area (Å²) in [5.41, 5.74) is 4.14. The molecule has 10 heteroatoms. The van der Waals surface area contributed by atoms with Crippen LogP contribution in [0.1, 0.15) is 110 Å². The highest BCUT2D eigenvalue weighted by atomic mass is 16.7. The smallest absolute Gasteiger partial charge is 0.350 e. The van der Waals surface area contributed by atoms with Gasteiger partial charge in [0.2, 0.25) is 0 Å². The second kappa shape index (κ2) is 15.7. The molecule has 2 aliphatic heterocycles. The molecule has 4 aliphatic carbocycles. The summed E-state index contributed by atoms with van der Waals surface area (Å²) in [4.78, 5) is 43.7. The molecule has 11 atom stereocenters. The summed E-state index contributed by atoms with van der Waals surface area (Å²) in [6, 6.07) is 0.125. The van der Waals surface area contributed by atoms with Gasteiger partial charge in [-0.1, -0.05) is 37.5 Å². The van der Waals surface area contributed by atoms with Crippen LogP contribution in [0.25, 0.3) is 0 Å². The number of allylic oxidation sites excluding steroid dienone is 3. The van der Waals surface area contributed by atoms with Crippen LogP contribution in [0.2, 0.25) is 0 Å². The van der Waals surface area contributed by atoms with Crippen LogP contribution in [-0.2, 0) is 23.9 Å². The number of nitrogens with one attached hydrogen (secondary N) is 2. The minimum absolute atomic E-state index is 0.0104. The topological polar surface area (TPSA) is 164 Å². The molecule has 0 aromatic heterocycles. The van der Waals surface area contributed by atoms with Crippen LogP contribution in [0.15, 0.2) is 23.3 Å². The number of rotatable bonds is 14. The molecule has 5 fully saturated rings. The van der Waals surface area contributed by atoms with Crippen molar-refractivity contribution < 1.29 is 34.1 Å². The summed E-state index contributed by atoms with van der Waals surface area (Å²) < 4.78 is 12.8. The van der Waals surface area contributed by atoms with E-state index in [0.717, 1.165) is 82.9 Å². The highest BCUT2D eigenvalue weighted by Crippen LogP contribution is 2.62. The predicted octanol–water partition coefficient (Wildman–Crippen LogP) is 3.87. The molecule has 2 saturated heterocycles. The van der Waals surface area contributed by atoms with E-state index in [4.69, 9.17) is 15.2 Å². The molecule has 0 amide bonds. The SMILES string of the molecule is CCN[C@@H]1C[C@@H]2C=CCC[C@H]2C[C@@H]1[C@H](CCCO)OC(=O)[C@]12O[C@@]1(CC(CO)=C(C)CCC1CCNC(N)C1)C(=O)C1CCCCC1C2=O. The number of hydrogen-bond acceptors (Lipinski definition) is 10. The van der Waals surface area contributed by atoms with Crippen LogP contribution in [0, 0.1) is 35.5 Å². The number of epoxide rings is 1. The second-order valence-corrected chi connectivity index (χ2v) is 16.1. The van der Waals surface area contributed by atoms with Crippen molar-refractivity contribution >= 4 is 17.5 Å². The molecule has 274 valence electrons. The monoisotopic (exact) mass is 683 g/mol. The van der Waals surface area contributed by atoms with Crippen molar-refractivity contribution in [1.82, 2.24) is 10.6 Å². The maximum absolute atomic E-state index is 14.7. The van der Waals surface area contributed by atoms with Gasteiger partial charge >= 0.3 is 5.97 Å². The second-order valence-electron chi connectivity index (χ2n) is 16.1. The molecule has 0 spiro atoms. The molecule has 0 aromatic rings. The van der Waals surface area contributed by atoms with Crippen LogP contribution >= 0.6 is 0 Å². The Kier molecular flexibility index (Phi) is 11.8. The average molecular weight is 684 g/mol. The summed E-state index contributed by atoms with van der Waals surface area (Å²) in [5, 5.41) is 27.4. The molecule has 49 heavy (non-hydrogen) atoms. The number of carbonyl (C=O) groups is 3. The van der Waals surface area contributed by atoms with E-state index in [0.29, 0.717) is 49.0 Å². The van der Waals surface area contributed by atoms with Crippen LogP contribution in [0.3, 0.4) is 0 Å². The molecule has 0 aromatic carbocycles. The fraction of sp³-hybridized carbons (Fsp3) is 0.821. The van der Waals surface area contributed by atoms with E-state index in [-0.39, 0.29) is 49.3 Å². The standard InChI is InChI=1S/C39H61N3O7/c1-3-41-32-21-27-10-5-4-9-26(27)20-31(32)33(13-8-18-43)48-37(47)39-36(46)30-12-7-6-11-29(30)35(45)38(39,49-39)22-28(23-44)24(2)14-15-25-16-17-42-34(40)19-25/h5,10,25-27,29-34,41-44H,3-4,6-9,11-23,40H2,1-2H3/t25?,26-,27-,29?,30?,31-,32+,33-,34?,38-,39-/m0/s1. The zero-order valence-electron chi connectivity index (χ0n) is 29.8. The molecule has 0 radical (unpaired) electrons. The minimum Gasteiger partial charge on any atom is -0.459 e. The Morgan fingerprint density at radius 2 is 1.90 bits per heavy atom.